The first-order chi connectivity index (χ1) is 39.7. The molecule has 83 heavy (non-hydrogen) atoms. The van der Waals surface area contributed by atoms with Crippen LogP contribution in [-0.2, 0) is 35.3 Å². The first kappa shape index (κ1) is 63.6. The molecule has 2 fully saturated rings. The van der Waals surface area contributed by atoms with Crippen LogP contribution in [0.3, 0.4) is 0 Å². The largest absolute Gasteiger partial charge is 0.496 e. The normalized spacial score (nSPS) is 17.0. The highest BCUT2D eigenvalue weighted by atomic mass is 35.5. The number of aliphatic hydroxyl groups is 2. The van der Waals surface area contributed by atoms with Gasteiger partial charge in [0.15, 0.2) is 5.69 Å². The number of aldehydes is 1. The number of carbonyl (C=O) groups excluding carboxylic acids is 5. The van der Waals surface area contributed by atoms with E-state index in [1.165, 1.54) is 7.11 Å². The van der Waals surface area contributed by atoms with Crippen LogP contribution in [-0.4, -0.2) is 239 Å². The highest BCUT2D eigenvalue weighted by molar-refractivity contribution is 6.34. The summed E-state index contributed by atoms with van der Waals surface area (Å²) in [6.45, 7) is 7.46. The second kappa shape index (κ2) is 30.0. The molecule has 0 radical (unpaired) electrons. The van der Waals surface area contributed by atoms with E-state index in [2.05, 4.69) is 21.3 Å². The summed E-state index contributed by atoms with van der Waals surface area (Å²) in [5.74, 6) is -2.24. The van der Waals surface area contributed by atoms with Crippen molar-refractivity contribution in [3.8, 4) is 39.6 Å². The van der Waals surface area contributed by atoms with Crippen molar-refractivity contribution in [2.45, 2.75) is 57.5 Å². The van der Waals surface area contributed by atoms with Gasteiger partial charge in [0.05, 0.1) is 82.1 Å². The number of aliphatic hydroxyl groups excluding tert-OH is 2. The number of carboxylic acids is 2. The third-order valence-corrected chi connectivity index (χ3v) is 14.8. The Balaban J connectivity index is 0.881. The zero-order valence-electron chi connectivity index (χ0n) is 46.7. The highest BCUT2D eigenvalue weighted by Crippen LogP contribution is 2.47. The number of methoxy groups -OCH3 is 1. The van der Waals surface area contributed by atoms with Gasteiger partial charge in [0.2, 0.25) is 11.8 Å². The molecule has 3 aromatic carbocycles. The molecular formula is C56H73Cl2N11O14. The number of halogens is 2. The standard InChI is InChI=1S/C56H73Cl2N11O14/c1-56(2)35-82-22-20-68(56)54(79)52-45-34-83-47-30-46(81-3)43(29-44(47)53(45)69(63-52)40-25-37(57)24-38(58)26-40)36-5-4-6-39(23-36)62-55(80)61-10-9-60-48(73)28-42(72)27-41(71)7-8-59-49(74)31-65-13-11-64(19-21-70)12-14-66(32-50(75)76)17-18-67(16-15-65)33-51(77)78/h4-6,21,23-26,29-30,41-42,71-72H,7-20,22,27-28,31-35H2,1-3H3,(H,59,74)(H,60,73)(H,75,76)(H,77,78)(H2,61,62,80). The Morgan fingerprint density at radius 3 is 2.01 bits per heavy atom. The number of benzene rings is 3. The summed E-state index contributed by atoms with van der Waals surface area (Å²) in [6, 6.07) is 15.2. The van der Waals surface area contributed by atoms with E-state index >= 15 is 0 Å². The Morgan fingerprint density at radius 2 is 1.39 bits per heavy atom. The van der Waals surface area contributed by atoms with Gasteiger partial charge in [-0.15, -0.1) is 0 Å². The van der Waals surface area contributed by atoms with Crippen molar-refractivity contribution in [1.82, 2.24) is 50.2 Å². The van der Waals surface area contributed by atoms with Gasteiger partial charge in [0, 0.05) is 117 Å². The van der Waals surface area contributed by atoms with Crippen LogP contribution < -0.4 is 30.7 Å². The van der Waals surface area contributed by atoms with Crippen LogP contribution in [0.4, 0.5) is 10.5 Å². The van der Waals surface area contributed by atoms with Gasteiger partial charge < -0.3 is 65.6 Å². The molecule has 4 aromatic rings. The van der Waals surface area contributed by atoms with Crippen LogP contribution in [0.5, 0.6) is 11.5 Å². The molecule has 0 aliphatic carbocycles. The fourth-order valence-electron chi connectivity index (χ4n) is 10.1. The summed E-state index contributed by atoms with van der Waals surface area (Å²) in [4.78, 5) is 96.6. The number of aromatic nitrogens is 2. The topological polar surface area (TPSA) is 310 Å². The molecule has 4 heterocycles. The number of fused-ring (bicyclic) bond motifs is 3. The van der Waals surface area contributed by atoms with E-state index < -0.39 is 41.6 Å². The fraction of sp³-hybridized carbons (Fsp3) is 0.500. The minimum absolute atomic E-state index is 0.0363. The number of ether oxygens (including phenoxy) is 3. The predicted octanol–water partition coefficient (Wildman–Crippen LogP) is 2.50. The molecule has 7 rings (SSSR count). The molecule has 3 aliphatic heterocycles. The summed E-state index contributed by atoms with van der Waals surface area (Å²) in [5.41, 5.74) is 3.68. The lowest BCUT2D eigenvalue weighted by molar-refractivity contribution is -0.140. The molecule has 27 heteroatoms. The second-order valence-electron chi connectivity index (χ2n) is 21.2. The number of nitrogens with one attached hydrogen (secondary N) is 4. The molecule has 8 N–H and O–H groups in total. The molecule has 1 aromatic heterocycles. The van der Waals surface area contributed by atoms with Gasteiger partial charge in [-0.2, -0.15) is 5.10 Å². The number of aliphatic carboxylic acids is 2. The molecule has 3 aliphatic rings. The number of nitrogens with zero attached hydrogens (tertiary/aromatic N) is 7. The molecule has 2 unspecified atom stereocenters. The number of morpholine rings is 1. The summed E-state index contributed by atoms with van der Waals surface area (Å²) in [7, 11) is 1.53. The summed E-state index contributed by atoms with van der Waals surface area (Å²) in [6.07, 6.45) is -1.87. The lowest BCUT2D eigenvalue weighted by Gasteiger charge is -2.41. The Hall–Kier alpha value is -6.94. The van der Waals surface area contributed by atoms with Gasteiger partial charge in [-0.3, -0.25) is 43.6 Å². The van der Waals surface area contributed by atoms with Gasteiger partial charge >= 0.3 is 18.0 Å². The van der Waals surface area contributed by atoms with Crippen molar-refractivity contribution >= 4 is 70.9 Å². The van der Waals surface area contributed by atoms with Crippen LogP contribution in [0.25, 0.3) is 28.1 Å². The number of carbonyl (C=O) groups is 7. The average Bonchev–Trinajstić information content (AvgIpc) is 4.01. The fourth-order valence-corrected chi connectivity index (χ4v) is 10.7. The maximum absolute atomic E-state index is 14.4. The third-order valence-electron chi connectivity index (χ3n) is 14.4. The van der Waals surface area contributed by atoms with Crippen molar-refractivity contribution in [2.24, 2.45) is 0 Å². The van der Waals surface area contributed by atoms with Crippen molar-refractivity contribution in [2.75, 3.05) is 130 Å². The lowest BCUT2D eigenvalue weighted by atomic mass is 9.95. The van der Waals surface area contributed by atoms with Crippen LogP contribution >= 0.6 is 23.2 Å². The SMILES string of the molecule is COc1cc2c(cc1-c1cccc(NC(=O)NCCNC(=O)CC(O)CC(O)CCNC(=O)CN3CCN(CC=O)CCN(CC(=O)O)CCN(CC(=O)O)CC3)c1)-c1c(c(C(=O)N3CCOCC3(C)C)nn1-c1cc(Cl)cc(Cl)c1)CO2. The zero-order valence-corrected chi connectivity index (χ0v) is 48.3. The number of hydrogen-bond acceptors (Lipinski definition) is 17. The van der Waals surface area contributed by atoms with Crippen LogP contribution in [0, 0.1) is 0 Å². The van der Waals surface area contributed by atoms with Gasteiger partial charge in [0.25, 0.3) is 5.91 Å². The minimum atomic E-state index is -1.20. The first-order valence-electron chi connectivity index (χ1n) is 27.3. The second-order valence-corrected chi connectivity index (χ2v) is 22.0. The molecule has 5 amide bonds. The van der Waals surface area contributed by atoms with Crippen molar-refractivity contribution in [3.63, 3.8) is 0 Å². The van der Waals surface area contributed by atoms with Crippen LogP contribution in [0.15, 0.2) is 54.6 Å². The lowest BCUT2D eigenvalue weighted by Crippen LogP contribution is -2.55. The van der Waals surface area contributed by atoms with E-state index in [0.29, 0.717) is 120 Å². The molecule has 2 atom stereocenters. The number of amides is 5. The average molecular weight is 1200 g/mol. The maximum atomic E-state index is 14.4. The maximum Gasteiger partial charge on any atom is 0.319 e. The smallest absolute Gasteiger partial charge is 0.319 e. The van der Waals surface area contributed by atoms with Crippen molar-refractivity contribution in [1.29, 1.82) is 0 Å². The van der Waals surface area contributed by atoms with Gasteiger partial charge in [-0.05, 0) is 68.7 Å². The Bertz CT molecular complexity index is 2940. The number of urea groups is 1. The van der Waals surface area contributed by atoms with E-state index in [1.807, 2.05) is 35.8 Å². The molecule has 0 saturated carbocycles. The number of rotatable bonds is 23. The third kappa shape index (κ3) is 18.3. The molecule has 2 saturated heterocycles. The number of hydrogen-bond donors (Lipinski definition) is 8. The first-order valence-corrected chi connectivity index (χ1v) is 28.1. The Labute approximate surface area is 490 Å². The Kier molecular flexibility index (Phi) is 23.0. The van der Waals surface area contributed by atoms with Crippen molar-refractivity contribution in [3.05, 3.63) is 75.9 Å². The van der Waals surface area contributed by atoms with E-state index in [0.717, 1.165) is 6.29 Å². The van der Waals surface area contributed by atoms with E-state index in [4.69, 9.17) is 42.5 Å². The quantitative estimate of drug-likeness (QED) is 0.0391. The minimum Gasteiger partial charge on any atom is -0.496 e. The van der Waals surface area contributed by atoms with Gasteiger partial charge in [-0.25, -0.2) is 9.48 Å². The highest BCUT2D eigenvalue weighted by Gasteiger charge is 2.39. The summed E-state index contributed by atoms with van der Waals surface area (Å²) in [5, 5.41) is 56.7. The van der Waals surface area contributed by atoms with Crippen molar-refractivity contribution < 1.29 is 68.2 Å². The monoisotopic (exact) mass is 1190 g/mol. The summed E-state index contributed by atoms with van der Waals surface area (Å²) >= 11 is 13.0. The number of carboxylic acid groups (broad SMARTS) is 2. The molecule has 0 spiro atoms. The molecule has 0 bridgehead atoms. The van der Waals surface area contributed by atoms with Gasteiger partial charge in [0.1, 0.15) is 24.4 Å². The number of anilines is 1. The predicted molar refractivity (Wildman–Crippen MR) is 307 cm³/mol. The van der Waals surface area contributed by atoms with E-state index in [1.54, 1.807) is 61.8 Å². The van der Waals surface area contributed by atoms with E-state index in [-0.39, 0.29) is 102 Å². The van der Waals surface area contributed by atoms with Crippen LogP contribution in [0.1, 0.15) is 49.2 Å². The summed E-state index contributed by atoms with van der Waals surface area (Å²) < 4.78 is 19.5. The molecule has 25 nitrogen and oxygen atoms in total. The Morgan fingerprint density at radius 1 is 0.759 bits per heavy atom. The molecular weight excluding hydrogens is 1120 g/mol. The van der Waals surface area contributed by atoms with Crippen LogP contribution in [0.2, 0.25) is 10.0 Å². The van der Waals surface area contributed by atoms with Gasteiger partial charge in [-0.1, -0.05) is 35.3 Å². The van der Waals surface area contributed by atoms with E-state index in [9.17, 15) is 54.0 Å². The zero-order chi connectivity index (χ0) is 59.8. The molecule has 450 valence electrons.